The van der Waals surface area contributed by atoms with Crippen LogP contribution in [-0.4, -0.2) is 0 Å². The van der Waals surface area contributed by atoms with Crippen LogP contribution >= 0.6 is 0 Å². The Balaban J connectivity index is 3.83. The second-order valence-electron chi connectivity index (χ2n) is 2.27. The maximum Gasteiger partial charge on any atom is -0.0349 e. The standard InChI is InChI=1S/C8H16/c1-5-7(3)8(4)6-2/h5-6H2,1-4H3. The average Bonchev–Trinajstić information content (AvgIpc) is 1.84. The van der Waals surface area contributed by atoms with Gasteiger partial charge in [0, 0.05) is 0 Å². The monoisotopic (exact) mass is 112 g/mol. The molecule has 0 nitrogen and oxygen atoms in total. The van der Waals surface area contributed by atoms with Gasteiger partial charge in [-0.05, 0) is 26.7 Å². The van der Waals surface area contributed by atoms with Gasteiger partial charge in [-0.2, -0.15) is 0 Å². The van der Waals surface area contributed by atoms with Gasteiger partial charge in [-0.15, -0.1) is 0 Å². The first kappa shape index (κ1) is 7.74. The lowest BCUT2D eigenvalue weighted by Crippen LogP contribution is -1.78. The summed E-state index contributed by atoms with van der Waals surface area (Å²) in [5, 5.41) is 0. The lowest BCUT2D eigenvalue weighted by Gasteiger charge is -1.99. The van der Waals surface area contributed by atoms with Gasteiger partial charge in [0.25, 0.3) is 0 Å². The first-order valence-corrected chi connectivity index (χ1v) is 3.37. The van der Waals surface area contributed by atoms with Crippen LogP contribution in [0, 0.1) is 0 Å². The van der Waals surface area contributed by atoms with Gasteiger partial charge < -0.3 is 0 Å². The molecule has 0 unspecified atom stereocenters. The molecule has 0 heteroatoms. The summed E-state index contributed by atoms with van der Waals surface area (Å²) in [6.45, 7) is 8.82. The summed E-state index contributed by atoms with van der Waals surface area (Å²) in [6.07, 6.45) is 2.42. The first-order chi connectivity index (χ1) is 3.72. The maximum atomic E-state index is 2.21. The molecule has 0 bridgehead atoms. The van der Waals surface area contributed by atoms with Gasteiger partial charge >= 0.3 is 0 Å². The zero-order chi connectivity index (χ0) is 6.57. The Morgan fingerprint density at radius 2 is 1.12 bits per heavy atom. The molecule has 0 aromatic rings. The van der Waals surface area contributed by atoms with E-state index in [0.29, 0.717) is 0 Å². The highest BCUT2D eigenvalue weighted by Gasteiger charge is 1.88. The normalized spacial score (nSPS) is 13.5. The lowest BCUT2D eigenvalue weighted by atomic mass is 10.1. The molecule has 0 heterocycles. The van der Waals surface area contributed by atoms with Crippen molar-refractivity contribution >= 4 is 0 Å². The van der Waals surface area contributed by atoms with Gasteiger partial charge in [0.1, 0.15) is 0 Å². The Bertz CT molecular complexity index is 76.2. The molecule has 0 N–H and O–H groups in total. The van der Waals surface area contributed by atoms with Crippen LogP contribution in [0.3, 0.4) is 0 Å². The van der Waals surface area contributed by atoms with E-state index in [1.54, 1.807) is 11.1 Å². The summed E-state index contributed by atoms with van der Waals surface area (Å²) < 4.78 is 0. The molecule has 0 atom stereocenters. The molecule has 0 fully saturated rings. The third kappa shape index (κ3) is 2.15. The number of allylic oxidation sites excluding steroid dienone is 2. The van der Waals surface area contributed by atoms with E-state index in [0.717, 1.165) is 0 Å². The third-order valence-electron chi connectivity index (χ3n) is 1.79. The van der Waals surface area contributed by atoms with E-state index in [2.05, 4.69) is 27.7 Å². The summed E-state index contributed by atoms with van der Waals surface area (Å²) in [4.78, 5) is 0. The van der Waals surface area contributed by atoms with E-state index in [-0.39, 0.29) is 0 Å². The number of hydrogen-bond acceptors (Lipinski definition) is 0. The Morgan fingerprint density at radius 3 is 1.25 bits per heavy atom. The Morgan fingerprint density at radius 1 is 0.875 bits per heavy atom. The van der Waals surface area contributed by atoms with Crippen molar-refractivity contribution in [3.8, 4) is 0 Å². The van der Waals surface area contributed by atoms with Crippen molar-refractivity contribution in [3.63, 3.8) is 0 Å². The Labute approximate surface area is 52.6 Å². The first-order valence-electron chi connectivity index (χ1n) is 3.37. The van der Waals surface area contributed by atoms with Gasteiger partial charge in [-0.3, -0.25) is 0 Å². The highest BCUT2D eigenvalue weighted by Crippen LogP contribution is 2.09. The van der Waals surface area contributed by atoms with E-state index in [1.807, 2.05) is 0 Å². The van der Waals surface area contributed by atoms with Crippen molar-refractivity contribution in [3.05, 3.63) is 11.1 Å². The van der Waals surface area contributed by atoms with Gasteiger partial charge in [-0.1, -0.05) is 25.0 Å². The van der Waals surface area contributed by atoms with Crippen molar-refractivity contribution in [1.29, 1.82) is 0 Å². The minimum absolute atomic E-state index is 1.21. The Kier molecular flexibility index (Phi) is 3.59. The molecule has 0 aliphatic rings. The predicted molar refractivity (Wildman–Crippen MR) is 39.0 cm³/mol. The van der Waals surface area contributed by atoms with Crippen LogP contribution in [-0.2, 0) is 0 Å². The summed E-state index contributed by atoms with van der Waals surface area (Å²) in [6, 6.07) is 0. The molecule has 0 saturated heterocycles. The van der Waals surface area contributed by atoms with Crippen molar-refractivity contribution < 1.29 is 0 Å². The smallest absolute Gasteiger partial charge is 0.0349 e. The molecule has 0 aliphatic carbocycles. The van der Waals surface area contributed by atoms with Crippen LogP contribution in [0.1, 0.15) is 40.5 Å². The molecule has 0 amide bonds. The minimum atomic E-state index is 1.21. The highest BCUT2D eigenvalue weighted by molar-refractivity contribution is 5.07. The zero-order valence-electron chi connectivity index (χ0n) is 6.41. The largest absolute Gasteiger partial charge is 0.0747 e. The zero-order valence-corrected chi connectivity index (χ0v) is 6.41. The van der Waals surface area contributed by atoms with E-state index >= 15 is 0 Å². The van der Waals surface area contributed by atoms with E-state index in [1.165, 1.54) is 12.8 Å². The van der Waals surface area contributed by atoms with Crippen molar-refractivity contribution in [1.82, 2.24) is 0 Å². The highest BCUT2D eigenvalue weighted by atomic mass is 13.9. The van der Waals surface area contributed by atoms with Crippen molar-refractivity contribution in [2.24, 2.45) is 0 Å². The molecule has 0 aromatic carbocycles. The molecule has 0 aromatic heterocycles. The quantitative estimate of drug-likeness (QED) is 0.481. The topological polar surface area (TPSA) is 0 Å². The van der Waals surface area contributed by atoms with Crippen LogP contribution in [0.5, 0.6) is 0 Å². The Hall–Kier alpha value is -0.260. The summed E-state index contributed by atoms with van der Waals surface area (Å²) in [7, 11) is 0. The second kappa shape index (κ2) is 3.71. The van der Waals surface area contributed by atoms with E-state index in [4.69, 9.17) is 0 Å². The van der Waals surface area contributed by atoms with E-state index < -0.39 is 0 Å². The maximum absolute atomic E-state index is 2.21. The van der Waals surface area contributed by atoms with Crippen molar-refractivity contribution in [2.45, 2.75) is 40.5 Å². The SMILES string of the molecule is CCC(C)=C(C)CC. The number of rotatable bonds is 2. The fourth-order valence-electron chi connectivity index (χ4n) is 0.604. The van der Waals surface area contributed by atoms with Gasteiger partial charge in [-0.25, -0.2) is 0 Å². The van der Waals surface area contributed by atoms with Crippen LogP contribution in [0.4, 0.5) is 0 Å². The summed E-state index contributed by atoms with van der Waals surface area (Å²) >= 11 is 0. The fourth-order valence-corrected chi connectivity index (χ4v) is 0.604. The second-order valence-corrected chi connectivity index (χ2v) is 2.27. The van der Waals surface area contributed by atoms with Crippen LogP contribution < -0.4 is 0 Å². The molecule has 8 heavy (non-hydrogen) atoms. The molecule has 0 rings (SSSR count). The molecule has 0 spiro atoms. The lowest BCUT2D eigenvalue weighted by molar-refractivity contribution is 0.985. The van der Waals surface area contributed by atoms with Gasteiger partial charge in [0.05, 0.1) is 0 Å². The fraction of sp³-hybridized carbons (Fsp3) is 0.750. The molecular formula is C8H16. The number of hydrogen-bond donors (Lipinski definition) is 0. The third-order valence-corrected chi connectivity index (χ3v) is 1.79. The van der Waals surface area contributed by atoms with Gasteiger partial charge in [0.15, 0.2) is 0 Å². The minimum Gasteiger partial charge on any atom is -0.0747 e. The van der Waals surface area contributed by atoms with Crippen LogP contribution in [0.25, 0.3) is 0 Å². The van der Waals surface area contributed by atoms with Crippen LogP contribution in [0.15, 0.2) is 11.1 Å². The summed E-state index contributed by atoms with van der Waals surface area (Å²) in [5.74, 6) is 0. The van der Waals surface area contributed by atoms with Crippen molar-refractivity contribution in [2.75, 3.05) is 0 Å². The molecular weight excluding hydrogens is 96.1 g/mol. The van der Waals surface area contributed by atoms with Crippen LogP contribution in [0.2, 0.25) is 0 Å². The average molecular weight is 112 g/mol. The molecule has 0 saturated carbocycles. The summed E-state index contributed by atoms with van der Waals surface area (Å²) in [5.41, 5.74) is 3.10. The molecule has 48 valence electrons. The molecule has 0 radical (unpaired) electrons. The van der Waals surface area contributed by atoms with E-state index in [9.17, 15) is 0 Å². The molecule has 0 aliphatic heterocycles. The predicted octanol–water partition coefficient (Wildman–Crippen LogP) is 3.14. The van der Waals surface area contributed by atoms with Gasteiger partial charge in [0.2, 0.25) is 0 Å².